The number of nitrogens with one attached hydrogen (secondary N) is 1. The molecule has 2 aromatic rings. The third-order valence-electron chi connectivity index (χ3n) is 2.27. The van der Waals surface area contributed by atoms with E-state index in [-0.39, 0.29) is 6.04 Å². The van der Waals surface area contributed by atoms with E-state index < -0.39 is 6.10 Å². The zero-order valence-corrected chi connectivity index (χ0v) is 9.82. The summed E-state index contributed by atoms with van der Waals surface area (Å²) in [6.45, 7) is 1.76. The Morgan fingerprint density at radius 2 is 2.27 bits per heavy atom. The van der Waals surface area contributed by atoms with Gasteiger partial charge < -0.3 is 15.8 Å². The van der Waals surface area contributed by atoms with Crippen LogP contribution in [0.2, 0.25) is 0 Å². The van der Waals surface area contributed by atoms with Crippen LogP contribution in [0, 0.1) is 0 Å². The lowest BCUT2D eigenvalue weighted by atomic mass is 10.1. The van der Waals surface area contributed by atoms with Gasteiger partial charge in [-0.3, -0.25) is 4.98 Å². The van der Waals surface area contributed by atoms with Crippen molar-refractivity contribution in [2.75, 3.05) is 0 Å². The number of hydrogen-bond acceptors (Lipinski definition) is 3. The molecule has 0 bridgehead atoms. The molecule has 0 radical (unpaired) electrons. The van der Waals surface area contributed by atoms with Gasteiger partial charge in [0, 0.05) is 22.4 Å². The van der Waals surface area contributed by atoms with Crippen molar-refractivity contribution in [1.82, 2.24) is 9.97 Å². The summed E-state index contributed by atoms with van der Waals surface area (Å²) < 4.78 is 0.902. The summed E-state index contributed by atoms with van der Waals surface area (Å²) in [5.41, 5.74) is 8.03. The predicted molar refractivity (Wildman–Crippen MR) is 62.4 cm³/mol. The lowest BCUT2D eigenvalue weighted by Crippen LogP contribution is -2.24. The normalized spacial score (nSPS) is 15.5. The van der Waals surface area contributed by atoms with Crippen molar-refractivity contribution in [2.45, 2.75) is 19.1 Å². The molecular formula is C10H12BrN3O. The Labute approximate surface area is 95.6 Å². The van der Waals surface area contributed by atoms with Crippen molar-refractivity contribution in [3.8, 4) is 0 Å². The maximum Gasteiger partial charge on any atom is 0.109 e. The van der Waals surface area contributed by atoms with Gasteiger partial charge in [-0.05, 0) is 35.0 Å². The van der Waals surface area contributed by atoms with Crippen LogP contribution in [0.25, 0.3) is 11.0 Å². The number of aliphatic hydroxyl groups excluding tert-OH is 1. The molecule has 4 N–H and O–H groups in total. The molecule has 2 heterocycles. The number of H-pyrrole nitrogens is 1. The standard InChI is InChI=1S/C10H12BrN3O/c1-5(12)10(15)9-3-7-8(14-9)2-6(11)4-13-7/h2-5,10,14-15H,12H2,1H3. The number of pyridine rings is 1. The Kier molecular flexibility index (Phi) is 2.77. The summed E-state index contributed by atoms with van der Waals surface area (Å²) in [7, 11) is 0. The number of aliphatic hydroxyl groups is 1. The summed E-state index contributed by atoms with van der Waals surface area (Å²) in [4.78, 5) is 7.31. The van der Waals surface area contributed by atoms with Gasteiger partial charge in [-0.25, -0.2) is 0 Å². The number of rotatable bonds is 2. The Hall–Kier alpha value is -0.910. The number of aromatic amines is 1. The first-order valence-corrected chi connectivity index (χ1v) is 5.45. The van der Waals surface area contributed by atoms with E-state index in [0.717, 1.165) is 15.5 Å². The van der Waals surface area contributed by atoms with E-state index >= 15 is 0 Å². The van der Waals surface area contributed by atoms with Crippen LogP contribution in [-0.4, -0.2) is 21.1 Å². The quantitative estimate of drug-likeness (QED) is 0.777. The molecule has 0 aliphatic rings. The largest absolute Gasteiger partial charge is 0.385 e. The van der Waals surface area contributed by atoms with Gasteiger partial charge in [0.25, 0.3) is 0 Å². The fourth-order valence-corrected chi connectivity index (χ4v) is 1.78. The summed E-state index contributed by atoms with van der Waals surface area (Å²) in [5, 5.41) is 9.77. The molecule has 80 valence electrons. The summed E-state index contributed by atoms with van der Waals surface area (Å²) >= 11 is 3.34. The van der Waals surface area contributed by atoms with E-state index in [1.165, 1.54) is 0 Å². The van der Waals surface area contributed by atoms with E-state index in [4.69, 9.17) is 5.73 Å². The molecule has 0 saturated heterocycles. The molecule has 0 saturated carbocycles. The molecule has 0 amide bonds. The molecule has 5 heteroatoms. The van der Waals surface area contributed by atoms with Gasteiger partial charge in [-0.1, -0.05) is 0 Å². The number of nitrogens with zero attached hydrogens (tertiary/aromatic N) is 1. The average Bonchev–Trinajstić information content (AvgIpc) is 2.58. The minimum Gasteiger partial charge on any atom is -0.385 e. The van der Waals surface area contributed by atoms with Gasteiger partial charge in [0.1, 0.15) is 6.10 Å². The number of nitrogens with two attached hydrogens (primary N) is 1. The van der Waals surface area contributed by atoms with Crippen LogP contribution in [-0.2, 0) is 0 Å². The third kappa shape index (κ3) is 2.04. The molecule has 0 aliphatic heterocycles. The zero-order chi connectivity index (χ0) is 11.0. The fraction of sp³-hybridized carbons (Fsp3) is 0.300. The van der Waals surface area contributed by atoms with E-state index in [9.17, 15) is 5.11 Å². The smallest absolute Gasteiger partial charge is 0.109 e. The van der Waals surface area contributed by atoms with Crippen molar-refractivity contribution in [2.24, 2.45) is 5.73 Å². The Morgan fingerprint density at radius 3 is 2.93 bits per heavy atom. The lowest BCUT2D eigenvalue weighted by molar-refractivity contribution is 0.149. The van der Waals surface area contributed by atoms with Gasteiger partial charge in [0.05, 0.1) is 11.0 Å². The second kappa shape index (κ2) is 3.92. The minimum absolute atomic E-state index is 0.304. The van der Waals surface area contributed by atoms with Crippen molar-refractivity contribution in [1.29, 1.82) is 0 Å². The van der Waals surface area contributed by atoms with Crippen LogP contribution >= 0.6 is 15.9 Å². The van der Waals surface area contributed by atoms with Crippen molar-refractivity contribution in [3.05, 3.63) is 28.5 Å². The first-order valence-electron chi connectivity index (χ1n) is 4.66. The molecule has 15 heavy (non-hydrogen) atoms. The first-order chi connectivity index (χ1) is 7.08. The summed E-state index contributed by atoms with van der Waals surface area (Å²) in [5.74, 6) is 0. The molecule has 0 aromatic carbocycles. The highest BCUT2D eigenvalue weighted by Gasteiger charge is 2.15. The molecule has 0 spiro atoms. The van der Waals surface area contributed by atoms with Crippen LogP contribution in [0.4, 0.5) is 0 Å². The van der Waals surface area contributed by atoms with Crippen molar-refractivity contribution >= 4 is 27.0 Å². The van der Waals surface area contributed by atoms with Gasteiger partial charge in [0.2, 0.25) is 0 Å². The van der Waals surface area contributed by atoms with Crippen LogP contribution in [0.5, 0.6) is 0 Å². The van der Waals surface area contributed by atoms with Gasteiger partial charge in [-0.2, -0.15) is 0 Å². The average molecular weight is 270 g/mol. The number of hydrogen-bond donors (Lipinski definition) is 3. The Morgan fingerprint density at radius 1 is 1.53 bits per heavy atom. The van der Waals surface area contributed by atoms with Crippen molar-refractivity contribution < 1.29 is 5.11 Å². The highest BCUT2D eigenvalue weighted by atomic mass is 79.9. The van der Waals surface area contributed by atoms with Gasteiger partial charge in [-0.15, -0.1) is 0 Å². The van der Waals surface area contributed by atoms with Gasteiger partial charge in [0.15, 0.2) is 0 Å². The van der Waals surface area contributed by atoms with Crippen LogP contribution in [0.3, 0.4) is 0 Å². The third-order valence-corrected chi connectivity index (χ3v) is 2.71. The Bertz CT molecular complexity index is 480. The molecule has 0 aliphatic carbocycles. The van der Waals surface area contributed by atoms with Crippen LogP contribution in [0.15, 0.2) is 22.8 Å². The SMILES string of the molecule is CC(N)C(O)c1cc2ncc(Br)cc2[nH]1. The topological polar surface area (TPSA) is 74.9 Å². The zero-order valence-electron chi connectivity index (χ0n) is 8.24. The number of halogens is 1. The van der Waals surface area contributed by atoms with Crippen molar-refractivity contribution in [3.63, 3.8) is 0 Å². The Balaban J connectivity index is 2.47. The molecule has 4 nitrogen and oxygen atoms in total. The predicted octanol–water partition coefficient (Wildman–Crippen LogP) is 1.71. The monoisotopic (exact) mass is 269 g/mol. The number of aromatic nitrogens is 2. The minimum atomic E-state index is -0.682. The maximum atomic E-state index is 9.77. The van der Waals surface area contributed by atoms with E-state index in [2.05, 4.69) is 25.9 Å². The van der Waals surface area contributed by atoms with E-state index in [0.29, 0.717) is 5.69 Å². The molecule has 2 unspecified atom stereocenters. The molecule has 0 fully saturated rings. The maximum absolute atomic E-state index is 9.77. The highest BCUT2D eigenvalue weighted by Crippen LogP contribution is 2.22. The molecule has 2 rings (SSSR count). The van der Waals surface area contributed by atoms with E-state index in [1.807, 2.05) is 12.1 Å². The molecule has 2 atom stereocenters. The summed E-state index contributed by atoms with van der Waals surface area (Å²) in [6.07, 6.45) is 1.04. The molecule has 2 aromatic heterocycles. The first kappa shape index (κ1) is 10.6. The van der Waals surface area contributed by atoms with Crippen LogP contribution < -0.4 is 5.73 Å². The van der Waals surface area contributed by atoms with Gasteiger partial charge >= 0.3 is 0 Å². The second-order valence-corrected chi connectivity index (χ2v) is 4.53. The van der Waals surface area contributed by atoms with Crippen LogP contribution in [0.1, 0.15) is 18.7 Å². The second-order valence-electron chi connectivity index (χ2n) is 3.61. The highest BCUT2D eigenvalue weighted by molar-refractivity contribution is 9.10. The lowest BCUT2D eigenvalue weighted by Gasteiger charge is -2.11. The van der Waals surface area contributed by atoms with E-state index in [1.54, 1.807) is 13.1 Å². The fourth-order valence-electron chi connectivity index (χ4n) is 1.45. The summed E-state index contributed by atoms with van der Waals surface area (Å²) in [6, 6.07) is 3.43. The number of fused-ring (bicyclic) bond motifs is 1. The molecular weight excluding hydrogens is 258 g/mol.